The minimum Gasteiger partial charge on any atom is -0.338 e. The van der Waals surface area contributed by atoms with Crippen molar-refractivity contribution in [3.05, 3.63) is 165 Å². The molecule has 0 saturated heterocycles. The molecule has 0 N–H and O–H groups in total. The predicted octanol–water partition coefficient (Wildman–Crippen LogP) is 17.5. The van der Waals surface area contributed by atoms with Gasteiger partial charge in [0.15, 0.2) is 0 Å². The van der Waals surface area contributed by atoms with Gasteiger partial charge in [0.2, 0.25) is 0 Å². The Morgan fingerprint density at radius 3 is 1.53 bits per heavy atom. The second kappa shape index (κ2) is 17.3. The topological polar surface area (TPSA) is 9.72 Å². The largest absolute Gasteiger partial charge is 0.338 e. The summed E-state index contributed by atoms with van der Waals surface area (Å²) >= 11 is 0. The smallest absolute Gasteiger partial charge is 0.252 e. The molecule has 2 aliphatic heterocycles. The molecule has 3 nitrogen and oxygen atoms in total. The highest BCUT2D eigenvalue weighted by Crippen LogP contribution is 2.54. The van der Waals surface area contributed by atoms with Crippen LogP contribution in [0, 0.1) is 27.1 Å². The van der Waals surface area contributed by atoms with Crippen LogP contribution in [-0.4, -0.2) is 12.8 Å². The fourth-order valence-corrected chi connectivity index (χ4v) is 15.2. The third-order valence-corrected chi connectivity index (χ3v) is 19.1. The average molecular weight is 1020 g/mol. The van der Waals surface area contributed by atoms with E-state index in [9.17, 15) is 0 Å². The summed E-state index contributed by atoms with van der Waals surface area (Å²) in [6.45, 7) is 43.8. The number of anilines is 7. The number of hydrogen-bond donors (Lipinski definition) is 0. The minimum atomic E-state index is -0.171. The van der Waals surface area contributed by atoms with E-state index in [1.54, 1.807) is 0 Å². The molecule has 0 amide bonds. The van der Waals surface area contributed by atoms with E-state index in [2.05, 4.69) is 243 Å². The van der Waals surface area contributed by atoms with E-state index in [0.717, 1.165) is 57.8 Å². The van der Waals surface area contributed by atoms with Crippen LogP contribution in [0.5, 0.6) is 0 Å². The summed E-state index contributed by atoms with van der Waals surface area (Å²) in [5.74, 6) is 0. The third-order valence-electron chi connectivity index (χ3n) is 19.1. The summed E-state index contributed by atoms with van der Waals surface area (Å²) < 4.78 is 0. The van der Waals surface area contributed by atoms with Gasteiger partial charge in [0.1, 0.15) is 0 Å². The van der Waals surface area contributed by atoms with E-state index in [-0.39, 0.29) is 50.7 Å². The van der Waals surface area contributed by atoms with Crippen LogP contribution in [0.2, 0.25) is 0 Å². The molecule has 1 unspecified atom stereocenters. The van der Waals surface area contributed by atoms with Gasteiger partial charge in [-0.15, -0.1) is 0 Å². The first kappa shape index (κ1) is 52.2. The Labute approximate surface area is 466 Å². The van der Waals surface area contributed by atoms with Crippen LogP contribution in [0.3, 0.4) is 0 Å². The maximum absolute atomic E-state index is 2.83. The van der Waals surface area contributed by atoms with Crippen LogP contribution in [0.25, 0.3) is 0 Å². The summed E-state index contributed by atoms with van der Waals surface area (Å²) in [5.41, 5.74) is 30.7. The van der Waals surface area contributed by atoms with Crippen molar-refractivity contribution in [2.75, 3.05) is 14.7 Å². The maximum Gasteiger partial charge on any atom is 0.252 e. The number of fused-ring (bicyclic) bond motifs is 7. The van der Waals surface area contributed by atoms with Gasteiger partial charge in [-0.2, -0.15) is 0 Å². The monoisotopic (exact) mass is 1020 g/mol. The molecule has 2 heterocycles. The molecule has 0 radical (unpaired) electrons. The molecular formula is C73H90BN3. The summed E-state index contributed by atoms with van der Waals surface area (Å²) in [7, 11) is 0. The van der Waals surface area contributed by atoms with Crippen molar-refractivity contribution in [2.45, 2.75) is 199 Å². The van der Waals surface area contributed by atoms with Crippen molar-refractivity contribution in [3.63, 3.8) is 0 Å². The summed E-state index contributed by atoms with van der Waals surface area (Å²) in [4.78, 5) is 8.42. The van der Waals surface area contributed by atoms with E-state index in [1.807, 2.05) is 0 Å². The van der Waals surface area contributed by atoms with Crippen LogP contribution < -0.4 is 31.1 Å². The average Bonchev–Trinajstić information content (AvgIpc) is 4.11. The van der Waals surface area contributed by atoms with E-state index in [0.29, 0.717) is 0 Å². The lowest BCUT2D eigenvalue weighted by Gasteiger charge is -2.47. The van der Waals surface area contributed by atoms with Crippen molar-refractivity contribution >= 4 is 62.9 Å². The predicted molar refractivity (Wildman–Crippen MR) is 334 cm³/mol. The van der Waals surface area contributed by atoms with E-state index < -0.39 is 0 Å². The van der Waals surface area contributed by atoms with Crippen molar-refractivity contribution in [2.24, 2.45) is 27.1 Å². The Balaban J connectivity index is 1.21. The van der Waals surface area contributed by atoms with Crippen molar-refractivity contribution in [1.82, 2.24) is 0 Å². The zero-order valence-electron chi connectivity index (χ0n) is 50.7. The van der Waals surface area contributed by atoms with Crippen LogP contribution >= 0.6 is 0 Å². The fraction of sp³-hybridized carbons (Fsp3) is 0.479. The van der Waals surface area contributed by atoms with E-state index in [4.69, 9.17) is 0 Å². The molecule has 0 bridgehead atoms. The lowest BCUT2D eigenvalue weighted by molar-refractivity contribution is 0.392. The highest BCUT2D eigenvalue weighted by atomic mass is 15.2. The number of rotatable bonds is 5. The maximum atomic E-state index is 2.83. The molecule has 77 heavy (non-hydrogen) atoms. The van der Waals surface area contributed by atoms with E-state index in [1.165, 1.54) is 118 Å². The highest BCUT2D eigenvalue weighted by Gasteiger charge is 2.48. The molecule has 5 aliphatic carbocycles. The second-order valence-corrected chi connectivity index (χ2v) is 31.6. The quantitative estimate of drug-likeness (QED) is 0.159. The number of nitrogens with zero attached hydrogens (tertiary/aromatic N) is 3. The zero-order valence-corrected chi connectivity index (χ0v) is 50.7. The second-order valence-electron chi connectivity index (χ2n) is 31.6. The molecule has 1 atom stereocenters. The van der Waals surface area contributed by atoms with Gasteiger partial charge in [-0.25, -0.2) is 0 Å². The van der Waals surface area contributed by atoms with Gasteiger partial charge in [0, 0.05) is 45.5 Å². The van der Waals surface area contributed by atoms with Gasteiger partial charge in [-0.1, -0.05) is 185 Å². The highest BCUT2D eigenvalue weighted by molar-refractivity contribution is 7.00. The number of hydrogen-bond acceptors (Lipinski definition) is 3. The first-order chi connectivity index (χ1) is 35.9. The molecule has 5 aromatic carbocycles. The standard InChI is InChI=1S/C73H90BN3/c1-67(2,3)49-25-29-52(30-26-49)75(53-31-27-50(28-32-53)68(4,5)6)61-38-58-63(37-56(61)70(10,11)12)77(60-24-20-22-46-40-73(17,18)44-55(46)60)65-36-51(69(7,8)9)35-64-66(65)74(58)57-33-47-41-71(13,14)42-48(47)34-62(57)76(64)59-23-19-21-45-39-72(15,16)43-54(45)59/h19-27,29,31,33-38,52H,28,30,32,39-44H2,1-18H3. The van der Waals surface area contributed by atoms with Gasteiger partial charge in [0.05, 0.1) is 6.04 Å². The Hall–Kier alpha value is -5.48. The van der Waals surface area contributed by atoms with Crippen molar-refractivity contribution < 1.29 is 0 Å². The minimum absolute atomic E-state index is 0.0126. The summed E-state index contributed by atoms with van der Waals surface area (Å²) in [6, 6.07) is 30.8. The molecule has 400 valence electrons. The van der Waals surface area contributed by atoms with Gasteiger partial charge < -0.3 is 14.7 Å². The molecule has 0 fully saturated rings. The Morgan fingerprint density at radius 2 is 1.04 bits per heavy atom. The molecule has 12 rings (SSSR count). The van der Waals surface area contributed by atoms with Gasteiger partial charge in [-0.05, 0) is 211 Å². The molecule has 7 aliphatic rings. The van der Waals surface area contributed by atoms with Crippen molar-refractivity contribution in [1.29, 1.82) is 0 Å². The lowest BCUT2D eigenvalue weighted by atomic mass is 9.33. The fourth-order valence-electron chi connectivity index (χ4n) is 15.2. The van der Waals surface area contributed by atoms with Gasteiger partial charge in [-0.3, -0.25) is 0 Å². The van der Waals surface area contributed by atoms with Gasteiger partial charge in [0.25, 0.3) is 6.71 Å². The third kappa shape index (κ3) is 8.93. The Morgan fingerprint density at radius 1 is 0.506 bits per heavy atom. The molecule has 0 spiro atoms. The molecule has 0 saturated carbocycles. The zero-order chi connectivity index (χ0) is 54.9. The first-order valence-corrected chi connectivity index (χ1v) is 29.8. The van der Waals surface area contributed by atoms with Gasteiger partial charge >= 0.3 is 0 Å². The van der Waals surface area contributed by atoms with Crippen LogP contribution in [0.1, 0.15) is 188 Å². The van der Waals surface area contributed by atoms with Crippen LogP contribution in [-0.2, 0) is 49.4 Å². The van der Waals surface area contributed by atoms with Crippen LogP contribution in [0.15, 0.2) is 120 Å². The summed E-state index contributed by atoms with van der Waals surface area (Å²) in [5, 5.41) is 0. The van der Waals surface area contributed by atoms with Crippen LogP contribution in [0.4, 0.5) is 39.8 Å². The molecule has 4 heteroatoms. The number of benzene rings is 5. The number of allylic oxidation sites excluding steroid dienone is 6. The Kier molecular flexibility index (Phi) is 11.7. The SMILES string of the molecule is CC1(C)Cc2cc3c(cc2C1)N(c1cccc2c1CC(C)(C)C2)c1cc(C(C)(C)C)cc2c1B3c1cc(N(C3=CC=C(C(C)(C)C)CC3)C3C=CC(C(C)(C)C)=CC3)c(C(C)(C)C)cc1N2c1cccc2c1CC(C)(C)C2. The normalized spacial score (nSPS) is 20.7. The molecule has 0 aromatic heterocycles. The molecular weight excluding hydrogens is 930 g/mol. The van der Waals surface area contributed by atoms with E-state index >= 15 is 0 Å². The molecule has 5 aromatic rings. The summed E-state index contributed by atoms with van der Waals surface area (Å²) in [6.07, 6.45) is 22.2. The Bertz CT molecular complexity index is 3430. The lowest BCUT2D eigenvalue weighted by Crippen LogP contribution is -2.62. The van der Waals surface area contributed by atoms with Crippen molar-refractivity contribution in [3.8, 4) is 0 Å². The first-order valence-electron chi connectivity index (χ1n) is 29.8.